The molecule has 0 saturated heterocycles. The van der Waals surface area contributed by atoms with Crippen LogP contribution in [0.5, 0.6) is 5.75 Å². The molecule has 0 fully saturated rings. The molecular formula is C23H23N5O2. The van der Waals surface area contributed by atoms with Crippen molar-refractivity contribution in [3.05, 3.63) is 95.8 Å². The van der Waals surface area contributed by atoms with Crippen LogP contribution in [0.3, 0.4) is 0 Å². The number of methoxy groups -OCH3 is 1. The molecule has 0 spiro atoms. The van der Waals surface area contributed by atoms with Crippen LogP contribution in [0.4, 0.5) is 0 Å². The van der Waals surface area contributed by atoms with Gasteiger partial charge in [0.25, 0.3) is 5.91 Å². The van der Waals surface area contributed by atoms with Crippen molar-refractivity contribution in [2.45, 2.75) is 13.0 Å². The molecule has 0 radical (unpaired) electrons. The summed E-state index contributed by atoms with van der Waals surface area (Å²) >= 11 is 0. The van der Waals surface area contributed by atoms with E-state index < -0.39 is 6.04 Å². The maximum absolute atomic E-state index is 13.2. The van der Waals surface area contributed by atoms with E-state index in [2.05, 4.69) is 15.4 Å². The van der Waals surface area contributed by atoms with Crippen molar-refractivity contribution in [1.82, 2.24) is 24.6 Å². The molecule has 2 aromatic carbocycles. The Kier molecular flexibility index (Phi) is 5.34. The van der Waals surface area contributed by atoms with Gasteiger partial charge in [-0.15, -0.1) is 0 Å². The summed E-state index contributed by atoms with van der Waals surface area (Å²) in [6, 6.07) is 16.9. The Balaban J connectivity index is 1.66. The number of para-hydroxylation sites is 1. The molecule has 0 aliphatic carbocycles. The third kappa shape index (κ3) is 3.69. The average molecular weight is 401 g/mol. The summed E-state index contributed by atoms with van der Waals surface area (Å²) in [5, 5.41) is 7.53. The predicted molar refractivity (Wildman–Crippen MR) is 114 cm³/mol. The third-order valence-corrected chi connectivity index (χ3v) is 5.10. The highest BCUT2D eigenvalue weighted by molar-refractivity contribution is 5.95. The van der Waals surface area contributed by atoms with Gasteiger partial charge in [0.15, 0.2) is 0 Å². The van der Waals surface area contributed by atoms with E-state index in [9.17, 15) is 4.79 Å². The molecule has 2 aromatic heterocycles. The summed E-state index contributed by atoms with van der Waals surface area (Å²) in [5.41, 5.74) is 3.11. The molecule has 1 N–H and O–H groups in total. The highest BCUT2D eigenvalue weighted by Gasteiger charge is 2.24. The summed E-state index contributed by atoms with van der Waals surface area (Å²) < 4.78 is 8.92. The van der Waals surface area contributed by atoms with E-state index in [1.807, 2.05) is 79.3 Å². The van der Waals surface area contributed by atoms with Gasteiger partial charge in [-0.05, 0) is 36.8 Å². The number of aromatic nitrogens is 4. The second-order valence-corrected chi connectivity index (χ2v) is 6.97. The minimum absolute atomic E-state index is 0.210. The normalized spacial score (nSPS) is 11.8. The van der Waals surface area contributed by atoms with Gasteiger partial charge in [0.05, 0.1) is 30.3 Å². The van der Waals surface area contributed by atoms with E-state index in [0.717, 1.165) is 28.5 Å². The topological polar surface area (TPSA) is 74.0 Å². The minimum Gasteiger partial charge on any atom is -0.497 e. The van der Waals surface area contributed by atoms with Crippen LogP contribution in [0.1, 0.15) is 33.5 Å². The number of carbonyl (C=O) groups excluding carboxylic acids is 1. The summed E-state index contributed by atoms with van der Waals surface area (Å²) in [5.74, 6) is 1.28. The van der Waals surface area contributed by atoms with Gasteiger partial charge in [-0.1, -0.05) is 30.3 Å². The van der Waals surface area contributed by atoms with Crippen molar-refractivity contribution in [2.75, 3.05) is 7.11 Å². The van der Waals surface area contributed by atoms with Gasteiger partial charge < -0.3 is 14.6 Å². The Morgan fingerprint density at radius 3 is 2.47 bits per heavy atom. The van der Waals surface area contributed by atoms with Crippen LogP contribution >= 0.6 is 0 Å². The van der Waals surface area contributed by atoms with E-state index in [-0.39, 0.29) is 5.91 Å². The van der Waals surface area contributed by atoms with Crippen LogP contribution in [0.25, 0.3) is 5.69 Å². The summed E-state index contributed by atoms with van der Waals surface area (Å²) in [6.45, 7) is 1.89. The van der Waals surface area contributed by atoms with Gasteiger partial charge in [0.1, 0.15) is 17.6 Å². The number of aryl methyl sites for hydroxylation is 1. The SMILES string of the molecule is COc1ccc(C(NC(=O)c2cnn(-c3ccccc3)c2C)c2nccn2C)cc1. The lowest BCUT2D eigenvalue weighted by Crippen LogP contribution is -2.31. The number of amides is 1. The molecule has 2 heterocycles. The number of hydrogen-bond donors (Lipinski definition) is 1. The van der Waals surface area contributed by atoms with Crippen LogP contribution in [0, 0.1) is 6.92 Å². The van der Waals surface area contributed by atoms with Crippen molar-refractivity contribution in [3.8, 4) is 11.4 Å². The van der Waals surface area contributed by atoms with Gasteiger partial charge in [-0.2, -0.15) is 5.10 Å². The van der Waals surface area contributed by atoms with E-state index >= 15 is 0 Å². The number of hydrogen-bond acceptors (Lipinski definition) is 4. The first kappa shape index (κ1) is 19.4. The summed E-state index contributed by atoms with van der Waals surface area (Å²) in [4.78, 5) is 17.7. The molecule has 7 nitrogen and oxygen atoms in total. The van der Waals surface area contributed by atoms with Crippen LogP contribution in [-0.2, 0) is 7.05 Å². The lowest BCUT2D eigenvalue weighted by molar-refractivity contribution is 0.0940. The Morgan fingerprint density at radius 2 is 1.83 bits per heavy atom. The van der Waals surface area contributed by atoms with Crippen LogP contribution in [-0.4, -0.2) is 32.3 Å². The van der Waals surface area contributed by atoms with Gasteiger partial charge in [0.2, 0.25) is 0 Å². The maximum Gasteiger partial charge on any atom is 0.255 e. The van der Waals surface area contributed by atoms with Crippen molar-refractivity contribution in [1.29, 1.82) is 0 Å². The predicted octanol–water partition coefficient (Wildman–Crippen LogP) is 3.44. The quantitative estimate of drug-likeness (QED) is 0.537. The molecule has 0 bridgehead atoms. The molecule has 152 valence electrons. The zero-order chi connectivity index (χ0) is 21.1. The number of imidazole rings is 1. The second kappa shape index (κ2) is 8.24. The average Bonchev–Trinajstić information content (AvgIpc) is 3.38. The van der Waals surface area contributed by atoms with E-state index in [1.165, 1.54) is 0 Å². The van der Waals surface area contributed by atoms with E-state index in [1.54, 1.807) is 24.2 Å². The molecule has 4 rings (SSSR count). The summed E-state index contributed by atoms with van der Waals surface area (Å²) in [7, 11) is 3.53. The molecule has 0 aliphatic heterocycles. The Hall–Kier alpha value is -3.87. The smallest absolute Gasteiger partial charge is 0.255 e. The standard InChI is InChI=1S/C23H23N5O2/c1-16-20(15-25-28(16)18-7-5-4-6-8-18)23(29)26-21(22-24-13-14-27(22)2)17-9-11-19(30-3)12-10-17/h4-15,21H,1-3H3,(H,26,29). The van der Waals surface area contributed by atoms with E-state index in [0.29, 0.717) is 5.56 Å². The fourth-order valence-electron chi connectivity index (χ4n) is 3.42. The van der Waals surface area contributed by atoms with Crippen molar-refractivity contribution in [2.24, 2.45) is 7.05 Å². The molecule has 30 heavy (non-hydrogen) atoms. The third-order valence-electron chi connectivity index (χ3n) is 5.10. The van der Waals surface area contributed by atoms with Gasteiger partial charge in [-0.25, -0.2) is 9.67 Å². The highest BCUT2D eigenvalue weighted by atomic mass is 16.5. The van der Waals surface area contributed by atoms with Crippen molar-refractivity contribution < 1.29 is 9.53 Å². The minimum atomic E-state index is -0.414. The molecule has 1 amide bonds. The van der Waals surface area contributed by atoms with Crippen LogP contribution in [0.2, 0.25) is 0 Å². The molecule has 7 heteroatoms. The molecule has 1 unspecified atom stereocenters. The maximum atomic E-state index is 13.2. The fourth-order valence-corrected chi connectivity index (χ4v) is 3.42. The number of nitrogens with one attached hydrogen (secondary N) is 1. The first-order valence-corrected chi connectivity index (χ1v) is 9.60. The van der Waals surface area contributed by atoms with Gasteiger partial charge in [0, 0.05) is 19.4 Å². The van der Waals surface area contributed by atoms with Gasteiger partial charge in [-0.3, -0.25) is 4.79 Å². The molecular weight excluding hydrogens is 378 g/mol. The van der Waals surface area contributed by atoms with Gasteiger partial charge >= 0.3 is 0 Å². The first-order chi connectivity index (χ1) is 14.6. The highest BCUT2D eigenvalue weighted by Crippen LogP contribution is 2.24. The Labute approximate surface area is 174 Å². The molecule has 1 atom stereocenters. The fraction of sp³-hybridized carbons (Fsp3) is 0.174. The lowest BCUT2D eigenvalue weighted by atomic mass is 10.1. The number of ether oxygens (including phenoxy) is 1. The first-order valence-electron chi connectivity index (χ1n) is 9.60. The molecule has 4 aromatic rings. The summed E-state index contributed by atoms with van der Waals surface area (Å²) in [6.07, 6.45) is 5.18. The lowest BCUT2D eigenvalue weighted by Gasteiger charge is -2.19. The Bertz CT molecular complexity index is 1150. The number of rotatable bonds is 6. The molecule has 0 saturated carbocycles. The van der Waals surface area contributed by atoms with Crippen LogP contribution in [0.15, 0.2) is 73.2 Å². The van der Waals surface area contributed by atoms with E-state index in [4.69, 9.17) is 4.74 Å². The van der Waals surface area contributed by atoms with Crippen LogP contribution < -0.4 is 10.1 Å². The molecule has 0 aliphatic rings. The second-order valence-electron chi connectivity index (χ2n) is 6.97. The monoisotopic (exact) mass is 401 g/mol. The number of carbonyl (C=O) groups is 1. The Morgan fingerprint density at radius 1 is 1.10 bits per heavy atom. The number of nitrogens with zero attached hydrogens (tertiary/aromatic N) is 4. The zero-order valence-electron chi connectivity index (χ0n) is 17.1. The zero-order valence-corrected chi connectivity index (χ0v) is 17.1. The van der Waals surface area contributed by atoms with Crippen molar-refractivity contribution >= 4 is 5.91 Å². The largest absolute Gasteiger partial charge is 0.497 e. The number of benzene rings is 2. The van der Waals surface area contributed by atoms with Crippen molar-refractivity contribution in [3.63, 3.8) is 0 Å².